The summed E-state index contributed by atoms with van der Waals surface area (Å²) in [6, 6.07) is 7.02. The second-order valence-corrected chi connectivity index (χ2v) is 10.2. The van der Waals surface area contributed by atoms with Crippen molar-refractivity contribution in [3.63, 3.8) is 0 Å². The zero-order chi connectivity index (χ0) is 29.1. The highest BCUT2D eigenvalue weighted by atomic mass is 16.5. The molecule has 1 heterocycles. The van der Waals surface area contributed by atoms with Gasteiger partial charge in [0.2, 0.25) is 17.8 Å². The number of aromatic nitrogens is 2. The molecule has 0 saturated heterocycles. The van der Waals surface area contributed by atoms with Crippen LogP contribution < -0.4 is 20.7 Å². The Morgan fingerprint density at radius 2 is 1.95 bits per heavy atom. The highest BCUT2D eigenvalue weighted by molar-refractivity contribution is 5.92. The summed E-state index contributed by atoms with van der Waals surface area (Å²) < 4.78 is 5.24. The Morgan fingerprint density at radius 1 is 1.20 bits per heavy atom. The van der Waals surface area contributed by atoms with Crippen LogP contribution in [0.3, 0.4) is 0 Å². The summed E-state index contributed by atoms with van der Waals surface area (Å²) in [4.78, 5) is 37.7. The number of hydrogen-bond acceptors (Lipinski definition) is 8. The third-order valence-electron chi connectivity index (χ3n) is 6.84. The van der Waals surface area contributed by atoms with Gasteiger partial charge in [-0.05, 0) is 64.5 Å². The molecule has 1 aliphatic rings. The van der Waals surface area contributed by atoms with Gasteiger partial charge in [0.15, 0.2) is 5.82 Å². The van der Waals surface area contributed by atoms with Crippen molar-refractivity contribution < 1.29 is 14.3 Å². The maximum absolute atomic E-state index is 12.9. The Labute approximate surface area is 237 Å². The fraction of sp³-hybridized carbons (Fsp3) is 0.467. The molecule has 0 aliphatic heterocycles. The van der Waals surface area contributed by atoms with Gasteiger partial charge < -0.3 is 30.5 Å². The van der Waals surface area contributed by atoms with E-state index in [9.17, 15) is 9.59 Å². The Morgan fingerprint density at radius 3 is 2.62 bits per heavy atom. The third-order valence-corrected chi connectivity index (χ3v) is 6.84. The van der Waals surface area contributed by atoms with Gasteiger partial charge >= 0.3 is 0 Å². The maximum Gasteiger partial charge on any atom is 0.246 e. The molecule has 0 bridgehead atoms. The summed E-state index contributed by atoms with van der Waals surface area (Å²) in [5.41, 5.74) is 1.55. The van der Waals surface area contributed by atoms with Gasteiger partial charge in [-0.25, -0.2) is 4.98 Å². The van der Waals surface area contributed by atoms with Crippen molar-refractivity contribution in [2.24, 2.45) is 5.92 Å². The molecular formula is C30H41N7O3. The summed E-state index contributed by atoms with van der Waals surface area (Å²) in [5, 5.41) is 9.43. The van der Waals surface area contributed by atoms with Crippen LogP contribution in [0, 0.1) is 17.8 Å². The number of ether oxygens (including phenoxy) is 1. The van der Waals surface area contributed by atoms with Crippen LogP contribution in [0.2, 0.25) is 0 Å². The van der Waals surface area contributed by atoms with Gasteiger partial charge in [0, 0.05) is 44.4 Å². The normalized spacial score (nSPS) is 17.5. The Balaban J connectivity index is 1.63. The molecule has 1 fully saturated rings. The van der Waals surface area contributed by atoms with E-state index in [1.807, 2.05) is 43.3 Å². The largest absolute Gasteiger partial charge is 0.497 e. The minimum absolute atomic E-state index is 0.00981. The first-order valence-electron chi connectivity index (χ1n) is 13.6. The molecule has 3 atom stereocenters. The molecule has 1 saturated carbocycles. The molecule has 1 aliphatic carbocycles. The number of anilines is 3. The molecule has 2 aromatic rings. The smallest absolute Gasteiger partial charge is 0.246 e. The molecule has 3 N–H and O–H groups in total. The van der Waals surface area contributed by atoms with Gasteiger partial charge in [0.1, 0.15) is 11.8 Å². The molecule has 0 spiro atoms. The van der Waals surface area contributed by atoms with Crippen LogP contribution in [-0.2, 0) is 9.59 Å². The first-order chi connectivity index (χ1) is 19.2. The van der Waals surface area contributed by atoms with Crippen LogP contribution in [-0.4, -0.2) is 85.5 Å². The molecule has 2 amide bonds. The summed E-state index contributed by atoms with van der Waals surface area (Å²) >= 11 is 0. The fourth-order valence-corrected chi connectivity index (χ4v) is 4.30. The molecule has 0 radical (unpaired) electrons. The second kappa shape index (κ2) is 14.9. The number of rotatable bonds is 10. The number of hydrogen-bond donors (Lipinski definition) is 3. The number of benzene rings is 1. The molecule has 1 aromatic carbocycles. The topological polar surface area (TPSA) is 112 Å². The van der Waals surface area contributed by atoms with E-state index in [1.54, 1.807) is 40.4 Å². The van der Waals surface area contributed by atoms with E-state index in [0.29, 0.717) is 23.9 Å². The Kier molecular flexibility index (Phi) is 11.3. The van der Waals surface area contributed by atoms with E-state index in [4.69, 9.17) is 4.74 Å². The number of carbonyl (C=O) groups is 2. The Hall–Kier alpha value is -4.10. The first kappa shape index (κ1) is 30.4. The summed E-state index contributed by atoms with van der Waals surface area (Å²) in [6.07, 6.45) is 8.59. The van der Waals surface area contributed by atoms with Gasteiger partial charge in [-0.15, -0.1) is 0 Å². The second-order valence-electron chi connectivity index (χ2n) is 10.2. The SMILES string of the molecule is CNc1ncc(C#C[C@@H]2CCC[C@H](NC(=O)[C@H](C)N(C)C(=O)/C=C/CN(C)C)C2)c(Nc2ccc(OC)cc2)n1. The number of likely N-dealkylation sites (N-methyl/N-ethyl adjacent to an activating group) is 2. The van der Waals surface area contributed by atoms with Crippen molar-refractivity contribution in [2.75, 3.05) is 52.5 Å². The van der Waals surface area contributed by atoms with Crippen LogP contribution in [0.4, 0.5) is 17.5 Å². The van der Waals surface area contributed by atoms with E-state index in [0.717, 1.165) is 37.1 Å². The van der Waals surface area contributed by atoms with Crippen molar-refractivity contribution in [3.8, 4) is 17.6 Å². The van der Waals surface area contributed by atoms with Crippen LogP contribution in [0.5, 0.6) is 5.75 Å². The van der Waals surface area contributed by atoms with E-state index in [2.05, 4.69) is 37.8 Å². The lowest BCUT2D eigenvalue weighted by Gasteiger charge is -2.30. The van der Waals surface area contributed by atoms with E-state index in [1.165, 1.54) is 11.0 Å². The highest BCUT2D eigenvalue weighted by Crippen LogP contribution is 2.25. The van der Waals surface area contributed by atoms with Gasteiger partial charge in [-0.2, -0.15) is 4.98 Å². The maximum atomic E-state index is 12.9. The van der Waals surface area contributed by atoms with Gasteiger partial charge in [-0.3, -0.25) is 9.59 Å². The van der Waals surface area contributed by atoms with Crippen molar-refractivity contribution in [3.05, 3.63) is 48.2 Å². The van der Waals surface area contributed by atoms with E-state index < -0.39 is 6.04 Å². The molecule has 214 valence electrons. The van der Waals surface area contributed by atoms with Crippen molar-refractivity contribution in [1.29, 1.82) is 0 Å². The summed E-state index contributed by atoms with van der Waals surface area (Å²) in [6.45, 7) is 2.41. The Bertz CT molecular complexity index is 1230. The lowest BCUT2D eigenvalue weighted by atomic mass is 9.86. The monoisotopic (exact) mass is 547 g/mol. The molecule has 10 nitrogen and oxygen atoms in total. The van der Waals surface area contributed by atoms with Gasteiger partial charge in [0.25, 0.3) is 0 Å². The molecule has 3 rings (SSSR count). The quantitative estimate of drug-likeness (QED) is 0.307. The number of methoxy groups -OCH3 is 1. The van der Waals surface area contributed by atoms with Gasteiger partial charge in [-0.1, -0.05) is 24.3 Å². The standard InChI is InChI=1S/C30H41N7O3/c1-21(37(5)27(38)11-8-18-36(3)4)29(39)34-25-10-7-9-22(19-25)12-13-23-20-32-30(31-2)35-28(23)33-24-14-16-26(40-6)17-15-24/h8,11,14-17,20-22,25H,7,9-10,18-19H2,1-6H3,(H,34,39)(H2,31,32,33,35)/b11-8+/t21-,22-,25-/m0/s1. The third kappa shape index (κ3) is 8.99. The fourth-order valence-electron chi connectivity index (χ4n) is 4.30. The predicted molar refractivity (Wildman–Crippen MR) is 159 cm³/mol. The van der Waals surface area contributed by atoms with Crippen molar-refractivity contribution >= 4 is 29.3 Å². The summed E-state index contributed by atoms with van der Waals surface area (Å²) in [7, 11) is 8.92. The zero-order valence-corrected chi connectivity index (χ0v) is 24.3. The molecular weight excluding hydrogens is 506 g/mol. The zero-order valence-electron chi connectivity index (χ0n) is 24.3. The van der Waals surface area contributed by atoms with Gasteiger partial charge in [0.05, 0.1) is 18.9 Å². The van der Waals surface area contributed by atoms with Crippen LogP contribution in [0.1, 0.15) is 38.2 Å². The lowest BCUT2D eigenvalue weighted by molar-refractivity contribution is -0.135. The predicted octanol–water partition coefficient (Wildman–Crippen LogP) is 3.26. The van der Waals surface area contributed by atoms with Crippen LogP contribution in [0.15, 0.2) is 42.6 Å². The van der Waals surface area contributed by atoms with E-state index in [-0.39, 0.29) is 23.8 Å². The minimum Gasteiger partial charge on any atom is -0.497 e. The van der Waals surface area contributed by atoms with Crippen LogP contribution >= 0.6 is 0 Å². The van der Waals surface area contributed by atoms with Crippen LogP contribution in [0.25, 0.3) is 0 Å². The van der Waals surface area contributed by atoms with Crippen molar-refractivity contribution in [1.82, 2.24) is 25.1 Å². The molecule has 40 heavy (non-hydrogen) atoms. The van der Waals surface area contributed by atoms with E-state index >= 15 is 0 Å². The molecule has 1 aromatic heterocycles. The number of nitrogens with one attached hydrogen (secondary N) is 3. The number of carbonyl (C=O) groups excluding carboxylic acids is 2. The average Bonchev–Trinajstić information content (AvgIpc) is 2.96. The molecule has 10 heteroatoms. The van der Waals surface area contributed by atoms with Crippen molar-refractivity contribution in [2.45, 2.75) is 44.7 Å². The summed E-state index contributed by atoms with van der Waals surface area (Å²) in [5.74, 6) is 8.31. The highest BCUT2D eigenvalue weighted by Gasteiger charge is 2.26. The number of nitrogens with zero attached hydrogens (tertiary/aromatic N) is 4. The average molecular weight is 548 g/mol. The minimum atomic E-state index is -0.572. The lowest BCUT2D eigenvalue weighted by Crippen LogP contribution is -2.49. The first-order valence-corrected chi connectivity index (χ1v) is 13.6. The number of amides is 2. The molecule has 0 unspecified atom stereocenters.